The zero-order valence-electron chi connectivity index (χ0n) is 13.0. The van der Waals surface area contributed by atoms with Crippen molar-refractivity contribution in [3.8, 4) is 5.75 Å². The smallest absolute Gasteiger partial charge is 0.230 e. The van der Waals surface area contributed by atoms with E-state index in [-0.39, 0.29) is 5.91 Å². The number of carbonyl (C=O) groups is 1. The third-order valence-electron chi connectivity index (χ3n) is 3.19. The van der Waals surface area contributed by atoms with E-state index in [0.29, 0.717) is 18.9 Å². The van der Waals surface area contributed by atoms with Gasteiger partial charge in [-0.05, 0) is 24.6 Å². The maximum Gasteiger partial charge on any atom is 0.230 e. The summed E-state index contributed by atoms with van der Waals surface area (Å²) < 4.78 is 10.3. The van der Waals surface area contributed by atoms with Crippen molar-refractivity contribution in [1.29, 1.82) is 0 Å². The average Bonchev–Trinajstić information content (AvgIpc) is 2.53. The Hall–Kier alpha value is -1.79. The number of methoxy groups -OCH3 is 2. The Bertz CT molecular complexity index is 661. The molecule has 1 aromatic heterocycles. The summed E-state index contributed by atoms with van der Waals surface area (Å²) in [7, 11) is 3.24. The lowest BCUT2D eigenvalue weighted by Crippen LogP contribution is -2.28. The summed E-state index contributed by atoms with van der Waals surface area (Å²) in [4.78, 5) is 16.3. The highest BCUT2D eigenvalue weighted by Gasteiger charge is 2.09. The molecule has 1 N–H and O–H groups in total. The number of aryl methyl sites for hydroxylation is 1. The second-order valence-corrected chi connectivity index (χ2v) is 5.76. The molecule has 1 aromatic carbocycles. The van der Waals surface area contributed by atoms with Crippen LogP contribution in [0.25, 0.3) is 10.9 Å². The molecule has 2 aromatic rings. The minimum absolute atomic E-state index is 0.0263. The zero-order chi connectivity index (χ0) is 15.9. The Kier molecular flexibility index (Phi) is 6.03. The van der Waals surface area contributed by atoms with Gasteiger partial charge in [0.2, 0.25) is 5.91 Å². The van der Waals surface area contributed by atoms with Crippen LogP contribution in [0.5, 0.6) is 5.75 Å². The highest BCUT2D eigenvalue weighted by atomic mass is 32.2. The van der Waals surface area contributed by atoms with Gasteiger partial charge in [-0.15, -0.1) is 0 Å². The molecular weight excluding hydrogens is 300 g/mol. The molecule has 0 unspecified atom stereocenters. The highest BCUT2D eigenvalue weighted by Crippen LogP contribution is 2.29. The summed E-state index contributed by atoms with van der Waals surface area (Å²) in [6, 6.07) is 7.85. The molecule has 0 saturated carbocycles. The number of fused-ring (bicyclic) bond motifs is 1. The van der Waals surface area contributed by atoms with E-state index < -0.39 is 0 Å². The van der Waals surface area contributed by atoms with Gasteiger partial charge in [-0.2, -0.15) is 0 Å². The van der Waals surface area contributed by atoms with Crippen molar-refractivity contribution >= 4 is 28.6 Å². The molecule has 0 saturated heterocycles. The van der Waals surface area contributed by atoms with Gasteiger partial charge in [-0.25, -0.2) is 4.98 Å². The van der Waals surface area contributed by atoms with E-state index in [1.165, 1.54) is 11.8 Å². The fourth-order valence-electron chi connectivity index (χ4n) is 2.08. The molecule has 0 fully saturated rings. The van der Waals surface area contributed by atoms with Crippen LogP contribution in [0.1, 0.15) is 5.56 Å². The number of hydrogen-bond donors (Lipinski definition) is 1. The van der Waals surface area contributed by atoms with Gasteiger partial charge in [-0.1, -0.05) is 23.9 Å². The van der Waals surface area contributed by atoms with Gasteiger partial charge >= 0.3 is 0 Å². The SMILES string of the molecule is COCCNC(=O)CSc1cc(C)c2cccc(OC)c2n1. The lowest BCUT2D eigenvalue weighted by molar-refractivity contribution is -0.118. The molecule has 0 spiro atoms. The summed E-state index contributed by atoms with van der Waals surface area (Å²) in [5.74, 6) is 1.05. The average molecular weight is 320 g/mol. The van der Waals surface area contributed by atoms with E-state index in [1.54, 1.807) is 14.2 Å². The summed E-state index contributed by atoms with van der Waals surface area (Å²) in [5, 5.41) is 4.67. The second kappa shape index (κ2) is 8.00. The fraction of sp³-hybridized carbons (Fsp3) is 0.375. The number of carbonyl (C=O) groups excluding carboxylic acids is 1. The monoisotopic (exact) mass is 320 g/mol. The first kappa shape index (κ1) is 16.6. The van der Waals surface area contributed by atoms with E-state index in [2.05, 4.69) is 10.3 Å². The first-order valence-corrected chi connectivity index (χ1v) is 7.97. The number of nitrogens with zero attached hydrogens (tertiary/aromatic N) is 1. The van der Waals surface area contributed by atoms with Crippen molar-refractivity contribution in [2.24, 2.45) is 0 Å². The minimum atomic E-state index is -0.0263. The van der Waals surface area contributed by atoms with Crippen molar-refractivity contribution in [3.05, 3.63) is 29.8 Å². The van der Waals surface area contributed by atoms with Crippen molar-refractivity contribution < 1.29 is 14.3 Å². The molecule has 0 aliphatic rings. The fourth-order valence-corrected chi connectivity index (χ4v) is 2.88. The van der Waals surface area contributed by atoms with Crippen LogP contribution in [0.4, 0.5) is 0 Å². The normalized spacial score (nSPS) is 10.7. The highest BCUT2D eigenvalue weighted by molar-refractivity contribution is 7.99. The van der Waals surface area contributed by atoms with Gasteiger partial charge in [0.05, 0.1) is 24.5 Å². The number of para-hydroxylation sites is 1. The van der Waals surface area contributed by atoms with E-state index in [0.717, 1.165) is 27.2 Å². The van der Waals surface area contributed by atoms with E-state index in [9.17, 15) is 4.79 Å². The first-order valence-electron chi connectivity index (χ1n) is 6.98. The molecule has 1 amide bonds. The Morgan fingerprint density at radius 3 is 2.91 bits per heavy atom. The second-order valence-electron chi connectivity index (χ2n) is 4.77. The first-order chi connectivity index (χ1) is 10.7. The molecule has 1 heterocycles. The molecule has 0 bridgehead atoms. The third kappa shape index (κ3) is 4.11. The lowest BCUT2D eigenvalue weighted by atomic mass is 10.1. The number of benzene rings is 1. The molecule has 2 rings (SSSR count). The van der Waals surface area contributed by atoms with Crippen LogP contribution in [0.15, 0.2) is 29.3 Å². The third-order valence-corrected chi connectivity index (χ3v) is 4.10. The van der Waals surface area contributed by atoms with Crippen LogP contribution in [0, 0.1) is 6.92 Å². The molecule has 22 heavy (non-hydrogen) atoms. The quantitative estimate of drug-likeness (QED) is 0.627. The predicted molar refractivity (Wildman–Crippen MR) is 88.6 cm³/mol. The number of amides is 1. The molecule has 118 valence electrons. The van der Waals surface area contributed by atoms with Gasteiger partial charge in [0.1, 0.15) is 11.3 Å². The lowest BCUT2D eigenvalue weighted by Gasteiger charge is -2.09. The van der Waals surface area contributed by atoms with Crippen LogP contribution in [0.3, 0.4) is 0 Å². The predicted octanol–water partition coefficient (Wildman–Crippen LogP) is 2.41. The van der Waals surface area contributed by atoms with Gasteiger partial charge in [0, 0.05) is 19.0 Å². The Morgan fingerprint density at radius 1 is 1.36 bits per heavy atom. The van der Waals surface area contributed by atoms with Crippen molar-refractivity contribution in [3.63, 3.8) is 0 Å². The summed E-state index contributed by atoms with van der Waals surface area (Å²) in [6.07, 6.45) is 0. The number of aromatic nitrogens is 1. The van der Waals surface area contributed by atoms with E-state index in [1.807, 2.05) is 31.2 Å². The molecular formula is C16H20N2O3S. The summed E-state index contributed by atoms with van der Waals surface area (Å²) in [5.41, 5.74) is 1.94. The molecule has 0 aliphatic carbocycles. The number of hydrogen-bond acceptors (Lipinski definition) is 5. The van der Waals surface area contributed by atoms with Crippen LogP contribution in [0.2, 0.25) is 0 Å². The topological polar surface area (TPSA) is 60.5 Å². The number of pyridine rings is 1. The Morgan fingerprint density at radius 2 is 2.18 bits per heavy atom. The van der Waals surface area contributed by atoms with Crippen molar-refractivity contribution in [2.75, 3.05) is 33.1 Å². The van der Waals surface area contributed by atoms with E-state index >= 15 is 0 Å². The Balaban J connectivity index is 2.10. The largest absolute Gasteiger partial charge is 0.494 e. The van der Waals surface area contributed by atoms with Gasteiger partial charge in [0.25, 0.3) is 0 Å². The van der Waals surface area contributed by atoms with Gasteiger partial charge in [-0.3, -0.25) is 4.79 Å². The molecule has 0 atom stereocenters. The maximum absolute atomic E-state index is 11.7. The van der Waals surface area contributed by atoms with Gasteiger partial charge in [0.15, 0.2) is 0 Å². The zero-order valence-corrected chi connectivity index (χ0v) is 13.8. The minimum Gasteiger partial charge on any atom is -0.494 e. The summed E-state index contributed by atoms with van der Waals surface area (Å²) >= 11 is 1.42. The van der Waals surface area contributed by atoms with E-state index in [4.69, 9.17) is 9.47 Å². The Labute approximate surface area is 134 Å². The van der Waals surface area contributed by atoms with Crippen LogP contribution < -0.4 is 10.1 Å². The van der Waals surface area contributed by atoms with Crippen LogP contribution in [-0.2, 0) is 9.53 Å². The van der Waals surface area contributed by atoms with Crippen LogP contribution in [-0.4, -0.2) is 44.0 Å². The molecule has 6 heteroatoms. The van der Waals surface area contributed by atoms with Crippen LogP contribution >= 0.6 is 11.8 Å². The number of nitrogens with one attached hydrogen (secondary N) is 1. The molecule has 0 aliphatic heterocycles. The standard InChI is InChI=1S/C16H20N2O3S/c1-11-9-15(22-10-14(19)17-7-8-20-2)18-16-12(11)5-4-6-13(16)21-3/h4-6,9H,7-8,10H2,1-3H3,(H,17,19). The van der Waals surface area contributed by atoms with Crippen molar-refractivity contribution in [2.45, 2.75) is 11.9 Å². The van der Waals surface area contributed by atoms with Gasteiger partial charge < -0.3 is 14.8 Å². The maximum atomic E-state index is 11.7. The molecule has 0 radical (unpaired) electrons. The number of thioether (sulfide) groups is 1. The number of ether oxygens (including phenoxy) is 2. The van der Waals surface area contributed by atoms with Crippen molar-refractivity contribution in [1.82, 2.24) is 10.3 Å². The number of rotatable bonds is 7. The molecule has 5 nitrogen and oxygen atoms in total. The summed E-state index contributed by atoms with van der Waals surface area (Å²) in [6.45, 7) is 3.07.